The first-order valence-corrected chi connectivity index (χ1v) is 8.23. The van der Waals surface area contributed by atoms with Crippen molar-refractivity contribution < 1.29 is 0 Å². The average molecular weight is 471 g/mol. The quantitative estimate of drug-likeness (QED) is 0.560. The van der Waals surface area contributed by atoms with Crippen molar-refractivity contribution in [3.63, 3.8) is 0 Å². The lowest BCUT2D eigenvalue weighted by molar-refractivity contribution is 0.611. The summed E-state index contributed by atoms with van der Waals surface area (Å²) in [6, 6.07) is 16.8. The summed E-state index contributed by atoms with van der Waals surface area (Å²) in [7, 11) is 0. The van der Waals surface area contributed by atoms with Crippen LogP contribution in [-0.2, 0) is 13.1 Å². The highest BCUT2D eigenvalue weighted by atomic mass is 79.9. The molecule has 2 aromatic carbocycles. The fraction of sp³-hybridized carbons (Fsp3) is 0.250. The molecule has 0 radical (unpaired) electrons. The number of benzene rings is 2. The molecular weight excluding hydrogens is 451 g/mol. The van der Waals surface area contributed by atoms with Gasteiger partial charge < -0.3 is 10.6 Å². The third-order valence-electron chi connectivity index (χ3n) is 2.96. The second-order valence-electron chi connectivity index (χ2n) is 4.61. The molecule has 0 fully saturated rings. The van der Waals surface area contributed by atoms with E-state index in [-0.39, 0.29) is 24.8 Å². The summed E-state index contributed by atoms with van der Waals surface area (Å²) in [5.41, 5.74) is 2.61. The largest absolute Gasteiger partial charge is 0.311 e. The molecule has 0 aliphatic rings. The molecule has 2 N–H and O–H groups in total. The molecule has 22 heavy (non-hydrogen) atoms. The summed E-state index contributed by atoms with van der Waals surface area (Å²) in [4.78, 5) is 0. The van der Waals surface area contributed by atoms with Crippen molar-refractivity contribution in [3.8, 4) is 0 Å². The number of halogens is 4. The molecule has 0 bridgehead atoms. The van der Waals surface area contributed by atoms with Crippen molar-refractivity contribution in [2.24, 2.45) is 0 Å². The molecule has 0 saturated heterocycles. The zero-order chi connectivity index (χ0) is 14.2. The van der Waals surface area contributed by atoms with E-state index >= 15 is 0 Å². The van der Waals surface area contributed by atoms with Crippen LogP contribution in [0.1, 0.15) is 11.1 Å². The Morgan fingerprint density at radius 2 is 0.909 bits per heavy atom. The Kier molecular flexibility index (Phi) is 12.3. The molecule has 0 aliphatic carbocycles. The van der Waals surface area contributed by atoms with E-state index < -0.39 is 0 Å². The van der Waals surface area contributed by atoms with Gasteiger partial charge in [0, 0.05) is 35.1 Å². The number of hydrogen-bond donors (Lipinski definition) is 2. The molecule has 122 valence electrons. The van der Waals surface area contributed by atoms with Crippen molar-refractivity contribution in [1.82, 2.24) is 10.6 Å². The standard InChI is InChI=1S/C16H18Br2N2.2ClH/c17-15-5-1-13(2-6-15)11-19-9-10-20-12-14-3-7-16(18)8-4-14;;/h1-8,19-20H,9-12H2;2*1H. The highest BCUT2D eigenvalue weighted by molar-refractivity contribution is 9.10. The van der Waals surface area contributed by atoms with Crippen LogP contribution < -0.4 is 10.6 Å². The van der Waals surface area contributed by atoms with Crippen LogP contribution >= 0.6 is 56.7 Å². The summed E-state index contributed by atoms with van der Waals surface area (Å²) < 4.78 is 2.25. The molecule has 2 aromatic rings. The topological polar surface area (TPSA) is 24.1 Å². The van der Waals surface area contributed by atoms with Crippen LogP contribution in [-0.4, -0.2) is 13.1 Å². The molecule has 0 heterocycles. The van der Waals surface area contributed by atoms with E-state index in [4.69, 9.17) is 0 Å². The van der Waals surface area contributed by atoms with Gasteiger partial charge in [-0.25, -0.2) is 0 Å². The van der Waals surface area contributed by atoms with Gasteiger partial charge >= 0.3 is 0 Å². The third kappa shape index (κ3) is 8.51. The minimum absolute atomic E-state index is 0. The molecule has 0 aromatic heterocycles. The predicted molar refractivity (Wildman–Crippen MR) is 106 cm³/mol. The van der Waals surface area contributed by atoms with Crippen LogP contribution in [0.4, 0.5) is 0 Å². The van der Waals surface area contributed by atoms with Crippen LogP contribution in [0, 0.1) is 0 Å². The van der Waals surface area contributed by atoms with E-state index in [0.717, 1.165) is 35.1 Å². The monoisotopic (exact) mass is 468 g/mol. The number of hydrogen-bond acceptors (Lipinski definition) is 2. The predicted octanol–water partition coefficient (Wildman–Crippen LogP) is 4.93. The first kappa shape index (κ1) is 21.9. The molecule has 0 amide bonds. The van der Waals surface area contributed by atoms with E-state index in [2.05, 4.69) is 91.0 Å². The van der Waals surface area contributed by atoms with Gasteiger partial charge in [-0.3, -0.25) is 0 Å². The molecule has 0 aliphatic heterocycles. The summed E-state index contributed by atoms with van der Waals surface area (Å²) in [5.74, 6) is 0. The van der Waals surface area contributed by atoms with Gasteiger partial charge in [0.25, 0.3) is 0 Å². The average Bonchev–Trinajstić information content (AvgIpc) is 2.46. The van der Waals surface area contributed by atoms with Gasteiger partial charge in [0.05, 0.1) is 0 Å². The first-order chi connectivity index (χ1) is 9.74. The van der Waals surface area contributed by atoms with Crippen LogP contribution in [0.15, 0.2) is 57.5 Å². The van der Waals surface area contributed by atoms with Gasteiger partial charge in [0.1, 0.15) is 0 Å². The van der Waals surface area contributed by atoms with Crippen LogP contribution in [0.5, 0.6) is 0 Å². The minimum atomic E-state index is 0. The summed E-state index contributed by atoms with van der Waals surface area (Å²) in [6.45, 7) is 3.75. The summed E-state index contributed by atoms with van der Waals surface area (Å²) >= 11 is 6.88. The van der Waals surface area contributed by atoms with E-state index in [1.165, 1.54) is 11.1 Å². The summed E-state index contributed by atoms with van der Waals surface area (Å²) in [5, 5.41) is 6.86. The fourth-order valence-corrected chi connectivity index (χ4v) is 2.38. The molecule has 2 nitrogen and oxygen atoms in total. The van der Waals surface area contributed by atoms with Gasteiger partial charge in [-0.05, 0) is 35.4 Å². The third-order valence-corrected chi connectivity index (χ3v) is 4.02. The number of rotatable bonds is 7. The van der Waals surface area contributed by atoms with E-state index in [0.29, 0.717) is 0 Å². The van der Waals surface area contributed by atoms with Crippen LogP contribution in [0.3, 0.4) is 0 Å². The van der Waals surface area contributed by atoms with Crippen molar-refractivity contribution >= 4 is 56.7 Å². The zero-order valence-corrected chi connectivity index (χ0v) is 16.8. The van der Waals surface area contributed by atoms with E-state index in [9.17, 15) is 0 Å². The second kappa shape index (κ2) is 12.3. The molecular formula is C16H20Br2Cl2N2. The lowest BCUT2D eigenvalue weighted by Gasteiger charge is -2.07. The van der Waals surface area contributed by atoms with E-state index in [1.54, 1.807) is 0 Å². The van der Waals surface area contributed by atoms with Gasteiger partial charge in [-0.15, -0.1) is 24.8 Å². The summed E-state index contributed by atoms with van der Waals surface area (Å²) in [6.07, 6.45) is 0. The maximum atomic E-state index is 3.44. The molecule has 0 spiro atoms. The van der Waals surface area contributed by atoms with Crippen molar-refractivity contribution in [1.29, 1.82) is 0 Å². The van der Waals surface area contributed by atoms with Crippen LogP contribution in [0.2, 0.25) is 0 Å². The normalized spacial score (nSPS) is 9.73. The highest BCUT2D eigenvalue weighted by Gasteiger charge is 1.94. The first-order valence-electron chi connectivity index (χ1n) is 6.64. The van der Waals surface area contributed by atoms with Crippen molar-refractivity contribution in [3.05, 3.63) is 68.6 Å². The zero-order valence-electron chi connectivity index (χ0n) is 12.0. The maximum absolute atomic E-state index is 3.44. The van der Waals surface area contributed by atoms with E-state index in [1.807, 2.05) is 0 Å². The maximum Gasteiger partial charge on any atom is 0.0206 e. The van der Waals surface area contributed by atoms with Gasteiger partial charge in [-0.1, -0.05) is 56.1 Å². The Hall–Kier alpha value is -0.100. The Bertz CT molecular complexity index is 469. The fourth-order valence-electron chi connectivity index (χ4n) is 1.85. The molecule has 6 heteroatoms. The Balaban J connectivity index is 0.00000220. The second-order valence-corrected chi connectivity index (χ2v) is 6.44. The Morgan fingerprint density at radius 1 is 0.591 bits per heavy atom. The van der Waals surface area contributed by atoms with Gasteiger partial charge in [0.15, 0.2) is 0 Å². The number of nitrogens with one attached hydrogen (secondary N) is 2. The smallest absolute Gasteiger partial charge is 0.0206 e. The highest BCUT2D eigenvalue weighted by Crippen LogP contribution is 2.10. The van der Waals surface area contributed by atoms with Crippen molar-refractivity contribution in [2.45, 2.75) is 13.1 Å². The van der Waals surface area contributed by atoms with Crippen molar-refractivity contribution in [2.75, 3.05) is 13.1 Å². The molecule has 0 saturated carbocycles. The van der Waals surface area contributed by atoms with Gasteiger partial charge in [-0.2, -0.15) is 0 Å². The lowest BCUT2D eigenvalue weighted by Crippen LogP contribution is -2.26. The Labute approximate surface area is 161 Å². The molecule has 2 rings (SSSR count). The van der Waals surface area contributed by atoms with Crippen LogP contribution in [0.25, 0.3) is 0 Å². The molecule has 0 atom stereocenters. The minimum Gasteiger partial charge on any atom is -0.311 e. The SMILES string of the molecule is Brc1ccc(CNCCNCc2ccc(Br)cc2)cc1.Cl.Cl. The lowest BCUT2D eigenvalue weighted by atomic mass is 10.2. The Morgan fingerprint density at radius 3 is 1.23 bits per heavy atom. The molecule has 0 unspecified atom stereocenters. The van der Waals surface area contributed by atoms with Gasteiger partial charge in [0.2, 0.25) is 0 Å².